The predicted molar refractivity (Wildman–Crippen MR) is 124 cm³/mol. The first-order valence-corrected chi connectivity index (χ1v) is 11.1. The number of aliphatic carboxylic acids is 1. The molecule has 0 fully saturated rings. The fourth-order valence-electron chi connectivity index (χ4n) is 5.16. The molecule has 3 aromatic rings. The molecule has 2 N–H and O–H groups in total. The van der Waals surface area contributed by atoms with Crippen LogP contribution in [-0.4, -0.2) is 36.9 Å². The largest absolute Gasteiger partial charge is 0.497 e. The van der Waals surface area contributed by atoms with Gasteiger partial charge in [-0.3, -0.25) is 4.79 Å². The zero-order valence-corrected chi connectivity index (χ0v) is 18.3. The number of methoxy groups -OCH3 is 1. The number of ether oxygens (including phenoxy) is 2. The standard InChI is InChI=1S/C27H25NO5/c1-32-17-12-10-16-11-13-24(25(26(29)30)22(16)14-17)28-27(31)33-15-23-20-8-4-2-6-18(20)19-7-3-5-9-21(19)23/h2-10,12,14,23-25H,11,13,15H2,1H3,(H,28,31)(H,29,30)/t24-,25+/m0/s1. The third-order valence-electron chi connectivity index (χ3n) is 6.73. The maximum atomic E-state index is 12.7. The Kier molecular flexibility index (Phi) is 5.50. The predicted octanol–water partition coefficient (Wildman–Crippen LogP) is 4.72. The number of fused-ring (bicyclic) bond motifs is 4. The summed E-state index contributed by atoms with van der Waals surface area (Å²) in [6.45, 7) is 0.189. The van der Waals surface area contributed by atoms with E-state index in [-0.39, 0.29) is 12.5 Å². The summed E-state index contributed by atoms with van der Waals surface area (Å²) in [7, 11) is 1.55. The van der Waals surface area contributed by atoms with Crippen molar-refractivity contribution in [2.24, 2.45) is 0 Å². The summed E-state index contributed by atoms with van der Waals surface area (Å²) in [5.74, 6) is -1.28. The number of hydrogen-bond acceptors (Lipinski definition) is 4. The Balaban J connectivity index is 1.31. The molecule has 2 atom stereocenters. The number of aryl methyl sites for hydroxylation is 1. The van der Waals surface area contributed by atoms with Crippen LogP contribution in [0, 0.1) is 0 Å². The number of benzene rings is 3. The smallest absolute Gasteiger partial charge is 0.407 e. The van der Waals surface area contributed by atoms with Crippen molar-refractivity contribution in [2.75, 3.05) is 13.7 Å². The molecule has 0 unspecified atom stereocenters. The van der Waals surface area contributed by atoms with Crippen molar-refractivity contribution in [1.29, 1.82) is 0 Å². The minimum atomic E-state index is -0.979. The number of carbonyl (C=O) groups excluding carboxylic acids is 1. The molecule has 0 heterocycles. The topological polar surface area (TPSA) is 84.9 Å². The van der Waals surface area contributed by atoms with Gasteiger partial charge < -0.3 is 19.9 Å². The summed E-state index contributed by atoms with van der Waals surface area (Å²) < 4.78 is 10.9. The van der Waals surface area contributed by atoms with Gasteiger partial charge >= 0.3 is 12.1 Å². The number of amides is 1. The molecule has 0 aromatic heterocycles. The monoisotopic (exact) mass is 443 g/mol. The van der Waals surface area contributed by atoms with Gasteiger partial charge in [0.1, 0.15) is 18.3 Å². The van der Waals surface area contributed by atoms with Gasteiger partial charge in [0.15, 0.2) is 0 Å². The van der Waals surface area contributed by atoms with Crippen molar-refractivity contribution in [3.8, 4) is 16.9 Å². The van der Waals surface area contributed by atoms with E-state index < -0.39 is 24.0 Å². The highest BCUT2D eigenvalue weighted by molar-refractivity contribution is 5.81. The molecule has 6 nitrogen and oxygen atoms in total. The van der Waals surface area contributed by atoms with Crippen molar-refractivity contribution in [3.63, 3.8) is 0 Å². The first-order valence-electron chi connectivity index (χ1n) is 11.1. The van der Waals surface area contributed by atoms with Crippen LogP contribution in [0.25, 0.3) is 11.1 Å². The highest BCUT2D eigenvalue weighted by atomic mass is 16.5. The van der Waals surface area contributed by atoms with Gasteiger partial charge in [-0.1, -0.05) is 54.6 Å². The molecule has 2 aliphatic rings. The van der Waals surface area contributed by atoms with Crippen molar-refractivity contribution in [1.82, 2.24) is 5.32 Å². The van der Waals surface area contributed by atoms with Crippen molar-refractivity contribution in [3.05, 3.63) is 89.0 Å². The highest BCUT2D eigenvalue weighted by Gasteiger charge is 2.37. The van der Waals surface area contributed by atoms with Crippen LogP contribution in [0.5, 0.6) is 5.75 Å². The summed E-state index contributed by atoms with van der Waals surface area (Å²) in [5, 5.41) is 12.7. The molecule has 5 rings (SSSR count). The Labute approximate surface area is 192 Å². The number of carboxylic acid groups (broad SMARTS) is 1. The van der Waals surface area contributed by atoms with E-state index in [0.29, 0.717) is 24.2 Å². The molecule has 2 aliphatic carbocycles. The Hall–Kier alpha value is -3.80. The van der Waals surface area contributed by atoms with E-state index in [1.54, 1.807) is 13.2 Å². The second kappa shape index (κ2) is 8.62. The normalized spacial score (nSPS) is 18.6. The van der Waals surface area contributed by atoms with E-state index in [4.69, 9.17) is 9.47 Å². The molecule has 0 bridgehead atoms. The van der Waals surface area contributed by atoms with Gasteiger partial charge in [-0.05, 0) is 58.4 Å². The van der Waals surface area contributed by atoms with Crippen molar-refractivity contribution in [2.45, 2.75) is 30.7 Å². The first kappa shape index (κ1) is 21.1. The third kappa shape index (κ3) is 3.82. The van der Waals surface area contributed by atoms with Gasteiger partial charge in [-0.2, -0.15) is 0 Å². The number of nitrogens with one attached hydrogen (secondary N) is 1. The van der Waals surface area contributed by atoms with Crippen LogP contribution >= 0.6 is 0 Å². The lowest BCUT2D eigenvalue weighted by atomic mass is 9.79. The molecule has 168 valence electrons. The molecule has 0 saturated carbocycles. The Morgan fingerprint density at radius 1 is 0.970 bits per heavy atom. The Bertz CT molecular complexity index is 1180. The Morgan fingerprint density at radius 2 is 1.64 bits per heavy atom. The summed E-state index contributed by atoms with van der Waals surface area (Å²) in [5.41, 5.74) is 6.23. The fraction of sp³-hybridized carbons (Fsp3) is 0.259. The van der Waals surface area contributed by atoms with Crippen LogP contribution in [0.2, 0.25) is 0 Å². The average Bonchev–Trinajstić information content (AvgIpc) is 3.15. The lowest BCUT2D eigenvalue weighted by molar-refractivity contribution is -0.139. The molecular weight excluding hydrogens is 418 g/mol. The number of rotatable bonds is 5. The number of hydrogen-bond donors (Lipinski definition) is 2. The maximum Gasteiger partial charge on any atom is 0.407 e. The maximum absolute atomic E-state index is 12.7. The number of carboxylic acids is 1. The zero-order valence-electron chi connectivity index (χ0n) is 18.3. The molecule has 0 spiro atoms. The van der Waals surface area contributed by atoms with E-state index in [1.807, 2.05) is 36.4 Å². The minimum Gasteiger partial charge on any atom is -0.497 e. The molecule has 1 amide bonds. The summed E-state index contributed by atoms with van der Waals surface area (Å²) in [6, 6.07) is 21.2. The number of carbonyl (C=O) groups is 2. The minimum absolute atomic E-state index is 0.0465. The van der Waals surface area contributed by atoms with Gasteiger partial charge in [0.25, 0.3) is 0 Å². The fourth-order valence-corrected chi connectivity index (χ4v) is 5.16. The lowest BCUT2D eigenvalue weighted by Gasteiger charge is -2.31. The summed E-state index contributed by atoms with van der Waals surface area (Å²) in [4.78, 5) is 24.9. The van der Waals surface area contributed by atoms with E-state index in [0.717, 1.165) is 27.8 Å². The molecule has 0 aliphatic heterocycles. The van der Waals surface area contributed by atoms with Gasteiger partial charge in [0.2, 0.25) is 0 Å². The Morgan fingerprint density at radius 3 is 2.27 bits per heavy atom. The van der Waals surface area contributed by atoms with Crippen LogP contribution in [-0.2, 0) is 16.0 Å². The van der Waals surface area contributed by atoms with Gasteiger partial charge in [0.05, 0.1) is 7.11 Å². The van der Waals surface area contributed by atoms with Crippen molar-refractivity contribution >= 4 is 12.1 Å². The first-order chi connectivity index (χ1) is 16.1. The molecular formula is C27H25NO5. The summed E-state index contributed by atoms with van der Waals surface area (Å²) in [6.07, 6.45) is 0.609. The van der Waals surface area contributed by atoms with Gasteiger partial charge in [0, 0.05) is 12.0 Å². The molecule has 6 heteroatoms. The highest BCUT2D eigenvalue weighted by Crippen LogP contribution is 2.44. The lowest BCUT2D eigenvalue weighted by Crippen LogP contribution is -2.45. The number of alkyl carbamates (subject to hydrolysis) is 1. The van der Waals surface area contributed by atoms with Crippen LogP contribution in [0.4, 0.5) is 4.79 Å². The zero-order chi connectivity index (χ0) is 22.9. The van der Waals surface area contributed by atoms with Crippen LogP contribution in [0.3, 0.4) is 0 Å². The SMILES string of the molecule is COc1ccc2c(c1)[C@@H](C(=O)O)[C@@H](NC(=O)OCC1c3ccccc3-c3ccccc31)CC2. The van der Waals surface area contributed by atoms with Crippen molar-refractivity contribution < 1.29 is 24.2 Å². The average molecular weight is 443 g/mol. The molecule has 0 radical (unpaired) electrons. The van der Waals surface area contributed by atoms with Crippen LogP contribution in [0.1, 0.15) is 40.5 Å². The third-order valence-corrected chi connectivity index (χ3v) is 6.73. The molecule has 33 heavy (non-hydrogen) atoms. The van der Waals surface area contributed by atoms with Gasteiger partial charge in [-0.15, -0.1) is 0 Å². The second-order valence-corrected chi connectivity index (χ2v) is 8.50. The van der Waals surface area contributed by atoms with E-state index in [1.165, 1.54) is 0 Å². The van der Waals surface area contributed by atoms with Crippen LogP contribution < -0.4 is 10.1 Å². The quantitative estimate of drug-likeness (QED) is 0.596. The van der Waals surface area contributed by atoms with E-state index in [2.05, 4.69) is 29.6 Å². The van der Waals surface area contributed by atoms with Gasteiger partial charge in [-0.25, -0.2) is 4.79 Å². The van der Waals surface area contributed by atoms with E-state index >= 15 is 0 Å². The second-order valence-electron chi connectivity index (χ2n) is 8.50. The van der Waals surface area contributed by atoms with E-state index in [9.17, 15) is 14.7 Å². The molecule has 0 saturated heterocycles. The molecule has 3 aromatic carbocycles. The van der Waals surface area contributed by atoms with Crippen LogP contribution in [0.15, 0.2) is 66.7 Å². The summed E-state index contributed by atoms with van der Waals surface area (Å²) >= 11 is 0.